The summed E-state index contributed by atoms with van der Waals surface area (Å²) in [4.78, 5) is 0. The van der Waals surface area contributed by atoms with Crippen molar-refractivity contribution in [1.29, 1.82) is 0 Å². The molecule has 0 aromatic heterocycles. The fraction of sp³-hybridized carbons (Fsp3) is 0.625. The fourth-order valence-corrected chi connectivity index (χ4v) is 1.74. The molecule has 1 atom stereocenters. The molecular formula is C16H27NO3. The van der Waals surface area contributed by atoms with E-state index in [-0.39, 0.29) is 6.10 Å². The summed E-state index contributed by atoms with van der Waals surface area (Å²) in [5.41, 5.74) is 1.18. The van der Waals surface area contributed by atoms with E-state index in [9.17, 15) is 0 Å². The fourth-order valence-electron chi connectivity index (χ4n) is 1.74. The molecule has 0 aliphatic carbocycles. The van der Waals surface area contributed by atoms with Gasteiger partial charge in [-0.05, 0) is 38.0 Å². The second-order valence-electron chi connectivity index (χ2n) is 4.72. The molecule has 0 spiro atoms. The van der Waals surface area contributed by atoms with Crippen LogP contribution < -0.4 is 14.8 Å². The van der Waals surface area contributed by atoms with Crippen LogP contribution in [0.1, 0.15) is 32.8 Å². The van der Waals surface area contributed by atoms with Crippen LogP contribution in [0, 0.1) is 0 Å². The van der Waals surface area contributed by atoms with Gasteiger partial charge in [-0.3, -0.25) is 0 Å². The van der Waals surface area contributed by atoms with Crippen LogP contribution in [0.5, 0.6) is 11.5 Å². The Labute approximate surface area is 122 Å². The second kappa shape index (κ2) is 9.61. The lowest BCUT2D eigenvalue weighted by atomic mass is 10.2. The Morgan fingerprint density at radius 3 is 2.65 bits per heavy atom. The Bertz CT molecular complexity index is 382. The average Bonchev–Trinajstić information content (AvgIpc) is 2.46. The Morgan fingerprint density at radius 1 is 1.20 bits per heavy atom. The number of ether oxygens (including phenoxy) is 3. The maximum atomic E-state index is 5.88. The Balaban J connectivity index is 2.67. The van der Waals surface area contributed by atoms with Crippen LogP contribution in [0.4, 0.5) is 0 Å². The summed E-state index contributed by atoms with van der Waals surface area (Å²) in [5.74, 6) is 1.64. The van der Waals surface area contributed by atoms with Crippen molar-refractivity contribution < 1.29 is 14.2 Å². The monoisotopic (exact) mass is 281 g/mol. The normalized spacial score (nSPS) is 12.2. The largest absolute Gasteiger partial charge is 0.490 e. The molecular weight excluding hydrogens is 254 g/mol. The Kier molecular flexibility index (Phi) is 8.07. The van der Waals surface area contributed by atoms with Gasteiger partial charge in [-0.2, -0.15) is 0 Å². The molecule has 0 bridgehead atoms. The van der Waals surface area contributed by atoms with Gasteiger partial charge < -0.3 is 19.5 Å². The summed E-state index contributed by atoms with van der Waals surface area (Å²) < 4.78 is 16.6. The molecule has 0 aliphatic rings. The number of hydrogen-bond acceptors (Lipinski definition) is 4. The minimum atomic E-state index is 0.194. The number of methoxy groups -OCH3 is 1. The van der Waals surface area contributed by atoms with Gasteiger partial charge in [0.15, 0.2) is 11.5 Å². The lowest BCUT2D eigenvalue weighted by molar-refractivity contribution is 0.199. The number of benzene rings is 1. The van der Waals surface area contributed by atoms with Crippen molar-refractivity contribution in [3.8, 4) is 11.5 Å². The lowest BCUT2D eigenvalue weighted by Crippen LogP contribution is -2.18. The third kappa shape index (κ3) is 5.80. The molecule has 1 N–H and O–H groups in total. The Morgan fingerprint density at radius 2 is 2.00 bits per heavy atom. The lowest BCUT2D eigenvalue weighted by Gasteiger charge is -2.17. The Hall–Kier alpha value is -1.26. The van der Waals surface area contributed by atoms with Crippen molar-refractivity contribution in [3.63, 3.8) is 0 Å². The predicted octanol–water partition coefficient (Wildman–Crippen LogP) is 3.00. The van der Waals surface area contributed by atoms with Gasteiger partial charge in [0, 0.05) is 20.2 Å². The van der Waals surface area contributed by atoms with Crippen molar-refractivity contribution in [2.24, 2.45) is 0 Å². The zero-order chi connectivity index (χ0) is 14.8. The van der Waals surface area contributed by atoms with Gasteiger partial charge in [0.1, 0.15) is 0 Å². The van der Waals surface area contributed by atoms with E-state index >= 15 is 0 Å². The quantitative estimate of drug-likeness (QED) is 0.669. The van der Waals surface area contributed by atoms with Gasteiger partial charge in [-0.1, -0.05) is 13.0 Å². The predicted molar refractivity (Wildman–Crippen MR) is 81.6 cm³/mol. The van der Waals surface area contributed by atoms with Crippen LogP contribution in [0.2, 0.25) is 0 Å². The first-order valence-electron chi connectivity index (χ1n) is 7.33. The molecule has 1 aromatic rings. The van der Waals surface area contributed by atoms with Crippen LogP contribution >= 0.6 is 0 Å². The van der Waals surface area contributed by atoms with Crippen LogP contribution in [0.15, 0.2) is 18.2 Å². The number of nitrogens with one attached hydrogen (secondary N) is 1. The molecule has 0 heterocycles. The topological polar surface area (TPSA) is 39.7 Å². The summed E-state index contributed by atoms with van der Waals surface area (Å²) in [6.07, 6.45) is 1.17. The maximum absolute atomic E-state index is 5.88. The molecule has 114 valence electrons. The third-order valence-electron chi connectivity index (χ3n) is 3.02. The number of hydrogen-bond donors (Lipinski definition) is 1. The molecule has 0 unspecified atom stereocenters. The van der Waals surface area contributed by atoms with Gasteiger partial charge in [0.2, 0.25) is 0 Å². The average molecular weight is 281 g/mol. The zero-order valence-electron chi connectivity index (χ0n) is 13.1. The molecule has 0 fully saturated rings. The highest BCUT2D eigenvalue weighted by atomic mass is 16.5. The molecule has 1 aromatic carbocycles. The molecule has 20 heavy (non-hydrogen) atoms. The molecule has 0 radical (unpaired) electrons. The summed E-state index contributed by atoms with van der Waals surface area (Å²) >= 11 is 0. The smallest absolute Gasteiger partial charge is 0.161 e. The number of rotatable bonds is 10. The van der Waals surface area contributed by atoms with E-state index in [0.717, 1.165) is 31.0 Å². The summed E-state index contributed by atoms with van der Waals surface area (Å²) in [7, 11) is 1.70. The van der Waals surface area contributed by atoms with E-state index < -0.39 is 0 Å². The highest BCUT2D eigenvalue weighted by Gasteiger charge is 2.09. The standard InChI is InChI=1S/C16H27NO3/c1-5-13(3)20-15-8-7-14(11-16(15)19-6-2)12-17-9-10-18-4/h7-8,11,13,17H,5-6,9-10,12H2,1-4H3/t13-/m1/s1. The van der Waals surface area contributed by atoms with Gasteiger partial charge >= 0.3 is 0 Å². The van der Waals surface area contributed by atoms with E-state index in [2.05, 4.69) is 25.2 Å². The van der Waals surface area contributed by atoms with Gasteiger partial charge in [0.25, 0.3) is 0 Å². The van der Waals surface area contributed by atoms with E-state index in [4.69, 9.17) is 14.2 Å². The highest BCUT2D eigenvalue weighted by Crippen LogP contribution is 2.29. The van der Waals surface area contributed by atoms with E-state index in [0.29, 0.717) is 13.2 Å². The van der Waals surface area contributed by atoms with Crippen LogP contribution in [-0.2, 0) is 11.3 Å². The van der Waals surface area contributed by atoms with E-state index in [1.54, 1.807) is 7.11 Å². The summed E-state index contributed by atoms with van der Waals surface area (Å²) in [5, 5.41) is 3.32. The van der Waals surface area contributed by atoms with Crippen molar-refractivity contribution in [2.45, 2.75) is 39.8 Å². The van der Waals surface area contributed by atoms with Crippen molar-refractivity contribution in [2.75, 3.05) is 26.9 Å². The van der Waals surface area contributed by atoms with E-state index in [1.165, 1.54) is 5.56 Å². The highest BCUT2D eigenvalue weighted by molar-refractivity contribution is 5.43. The molecule has 4 nitrogen and oxygen atoms in total. The van der Waals surface area contributed by atoms with Crippen molar-refractivity contribution in [3.05, 3.63) is 23.8 Å². The second-order valence-corrected chi connectivity index (χ2v) is 4.72. The first-order valence-corrected chi connectivity index (χ1v) is 7.33. The van der Waals surface area contributed by atoms with Gasteiger partial charge in [-0.15, -0.1) is 0 Å². The molecule has 0 aliphatic heterocycles. The van der Waals surface area contributed by atoms with Crippen molar-refractivity contribution in [1.82, 2.24) is 5.32 Å². The van der Waals surface area contributed by atoms with Crippen molar-refractivity contribution >= 4 is 0 Å². The summed E-state index contributed by atoms with van der Waals surface area (Å²) in [6.45, 7) is 9.15. The zero-order valence-corrected chi connectivity index (χ0v) is 13.1. The molecule has 4 heteroatoms. The van der Waals surface area contributed by atoms with Crippen LogP contribution in [-0.4, -0.2) is 33.0 Å². The SMILES string of the molecule is CCOc1cc(CNCCOC)ccc1O[C@H](C)CC. The maximum Gasteiger partial charge on any atom is 0.161 e. The molecule has 1 rings (SSSR count). The molecule has 0 saturated carbocycles. The van der Waals surface area contributed by atoms with E-state index in [1.807, 2.05) is 19.1 Å². The minimum Gasteiger partial charge on any atom is -0.490 e. The summed E-state index contributed by atoms with van der Waals surface area (Å²) in [6, 6.07) is 6.10. The molecule has 0 amide bonds. The minimum absolute atomic E-state index is 0.194. The third-order valence-corrected chi connectivity index (χ3v) is 3.02. The first-order chi connectivity index (χ1) is 9.71. The first kappa shape index (κ1) is 16.8. The molecule has 0 saturated heterocycles. The van der Waals surface area contributed by atoms with Crippen LogP contribution in [0.25, 0.3) is 0 Å². The van der Waals surface area contributed by atoms with Gasteiger partial charge in [-0.25, -0.2) is 0 Å². The van der Waals surface area contributed by atoms with Crippen LogP contribution in [0.3, 0.4) is 0 Å². The van der Waals surface area contributed by atoms with Gasteiger partial charge in [0.05, 0.1) is 19.3 Å².